The fourth-order valence-electron chi connectivity index (χ4n) is 1.40. The first-order chi connectivity index (χ1) is 10.0. The Kier molecular flexibility index (Phi) is 7.56. The van der Waals surface area contributed by atoms with Gasteiger partial charge in [0.1, 0.15) is 5.75 Å². The van der Waals surface area contributed by atoms with Gasteiger partial charge in [0.05, 0.1) is 6.61 Å². The molecule has 0 aromatic heterocycles. The molecule has 1 aromatic carbocycles. The van der Waals surface area contributed by atoms with Crippen LogP contribution < -0.4 is 10.1 Å². The number of hydrogen-bond donors (Lipinski definition) is 1. The maximum Gasteiger partial charge on any atom is 0.344 e. The van der Waals surface area contributed by atoms with Crippen LogP contribution in [0.2, 0.25) is 5.02 Å². The van der Waals surface area contributed by atoms with E-state index in [9.17, 15) is 9.59 Å². The molecule has 21 heavy (non-hydrogen) atoms. The maximum atomic E-state index is 11.6. The molecule has 116 valence electrons. The van der Waals surface area contributed by atoms with E-state index < -0.39 is 12.1 Å². The number of nitrogens with one attached hydrogen (secondary N) is 1. The van der Waals surface area contributed by atoms with Crippen LogP contribution in [0.4, 0.5) is 0 Å². The van der Waals surface area contributed by atoms with Gasteiger partial charge < -0.3 is 19.5 Å². The summed E-state index contributed by atoms with van der Waals surface area (Å²) in [6.45, 7) is 1.94. The Labute approximate surface area is 128 Å². The smallest absolute Gasteiger partial charge is 0.344 e. The lowest BCUT2D eigenvalue weighted by Gasteiger charge is -2.13. The highest BCUT2D eigenvalue weighted by Gasteiger charge is 2.17. The van der Waals surface area contributed by atoms with Crippen molar-refractivity contribution in [2.75, 3.05) is 26.9 Å². The molecule has 1 rings (SSSR count). The SMILES string of the molecule is COCCNC(=O)[C@@H](C)OC(=O)COc1cccc(Cl)c1. The molecule has 1 N–H and O–H groups in total. The molecule has 0 unspecified atom stereocenters. The van der Waals surface area contributed by atoms with Crippen molar-refractivity contribution in [3.05, 3.63) is 29.3 Å². The lowest BCUT2D eigenvalue weighted by molar-refractivity contribution is -0.156. The van der Waals surface area contributed by atoms with Crippen molar-refractivity contribution in [2.24, 2.45) is 0 Å². The van der Waals surface area contributed by atoms with Crippen LogP contribution in [0.25, 0.3) is 0 Å². The molecule has 0 aliphatic carbocycles. The summed E-state index contributed by atoms with van der Waals surface area (Å²) in [4.78, 5) is 23.1. The van der Waals surface area contributed by atoms with E-state index in [-0.39, 0.29) is 12.5 Å². The van der Waals surface area contributed by atoms with Gasteiger partial charge in [-0.2, -0.15) is 0 Å². The Balaban J connectivity index is 2.31. The average molecular weight is 316 g/mol. The van der Waals surface area contributed by atoms with E-state index in [4.69, 9.17) is 25.8 Å². The quantitative estimate of drug-likeness (QED) is 0.580. The number of rotatable bonds is 8. The van der Waals surface area contributed by atoms with Crippen molar-refractivity contribution < 1.29 is 23.8 Å². The third kappa shape index (κ3) is 6.97. The topological polar surface area (TPSA) is 73.9 Å². The van der Waals surface area contributed by atoms with Gasteiger partial charge in [-0.25, -0.2) is 4.79 Å². The number of methoxy groups -OCH3 is 1. The van der Waals surface area contributed by atoms with Crippen molar-refractivity contribution in [2.45, 2.75) is 13.0 Å². The molecule has 7 heteroatoms. The van der Waals surface area contributed by atoms with Gasteiger partial charge in [-0.15, -0.1) is 0 Å². The van der Waals surface area contributed by atoms with Gasteiger partial charge in [0, 0.05) is 18.7 Å². The zero-order chi connectivity index (χ0) is 15.7. The van der Waals surface area contributed by atoms with Crippen LogP contribution >= 0.6 is 11.6 Å². The summed E-state index contributed by atoms with van der Waals surface area (Å²) in [5, 5.41) is 3.08. The van der Waals surface area contributed by atoms with Crippen molar-refractivity contribution in [3.8, 4) is 5.75 Å². The number of ether oxygens (including phenoxy) is 3. The predicted octanol–water partition coefficient (Wildman–Crippen LogP) is 1.41. The number of halogens is 1. The van der Waals surface area contributed by atoms with E-state index in [1.165, 1.54) is 14.0 Å². The average Bonchev–Trinajstić information content (AvgIpc) is 2.45. The zero-order valence-electron chi connectivity index (χ0n) is 11.9. The van der Waals surface area contributed by atoms with Gasteiger partial charge in [0.2, 0.25) is 0 Å². The number of hydrogen-bond acceptors (Lipinski definition) is 5. The highest BCUT2D eigenvalue weighted by Crippen LogP contribution is 2.16. The summed E-state index contributed by atoms with van der Waals surface area (Å²) in [6.07, 6.45) is -0.891. The predicted molar refractivity (Wildman–Crippen MR) is 77.4 cm³/mol. The van der Waals surface area contributed by atoms with Crippen LogP contribution in [0.15, 0.2) is 24.3 Å². The standard InChI is InChI=1S/C14H18ClNO5/c1-10(14(18)16-6-7-19-2)21-13(17)9-20-12-5-3-4-11(15)8-12/h3-5,8,10H,6-7,9H2,1-2H3,(H,16,18)/t10-/m1/s1. The summed E-state index contributed by atoms with van der Waals surface area (Å²) in [5.74, 6) is -0.566. The molecular weight excluding hydrogens is 298 g/mol. The van der Waals surface area contributed by atoms with Crippen LogP contribution in [0.3, 0.4) is 0 Å². The second-order valence-corrected chi connectivity index (χ2v) is 4.60. The molecule has 0 fully saturated rings. The highest BCUT2D eigenvalue weighted by molar-refractivity contribution is 6.30. The summed E-state index contributed by atoms with van der Waals surface area (Å²) >= 11 is 5.79. The summed E-state index contributed by atoms with van der Waals surface area (Å²) in [6, 6.07) is 6.64. The number of esters is 1. The first-order valence-electron chi connectivity index (χ1n) is 6.37. The fourth-order valence-corrected chi connectivity index (χ4v) is 1.58. The minimum absolute atomic E-state index is 0.296. The molecule has 0 saturated heterocycles. The Morgan fingerprint density at radius 1 is 1.38 bits per heavy atom. The Morgan fingerprint density at radius 3 is 2.81 bits per heavy atom. The van der Waals surface area contributed by atoms with Crippen LogP contribution in [0.5, 0.6) is 5.75 Å². The second-order valence-electron chi connectivity index (χ2n) is 4.16. The minimum Gasteiger partial charge on any atom is -0.482 e. The number of benzene rings is 1. The summed E-state index contributed by atoms with van der Waals surface area (Å²) in [5.41, 5.74) is 0. The van der Waals surface area contributed by atoms with E-state index in [1.807, 2.05) is 0 Å². The Bertz CT molecular complexity index is 480. The largest absolute Gasteiger partial charge is 0.482 e. The third-order valence-electron chi connectivity index (χ3n) is 2.44. The molecule has 0 heterocycles. The molecule has 1 atom stereocenters. The second kappa shape index (κ2) is 9.20. The molecule has 0 saturated carbocycles. The molecule has 0 spiro atoms. The van der Waals surface area contributed by atoms with Crippen molar-refractivity contribution in [1.82, 2.24) is 5.32 Å². The van der Waals surface area contributed by atoms with Crippen LogP contribution in [0.1, 0.15) is 6.92 Å². The van der Waals surface area contributed by atoms with Crippen LogP contribution in [-0.4, -0.2) is 44.8 Å². The molecule has 1 aromatic rings. The summed E-state index contributed by atoms with van der Waals surface area (Å²) in [7, 11) is 1.53. The van der Waals surface area contributed by atoms with Gasteiger partial charge in [0.15, 0.2) is 12.7 Å². The minimum atomic E-state index is -0.891. The van der Waals surface area contributed by atoms with E-state index in [2.05, 4.69) is 5.32 Å². The van der Waals surface area contributed by atoms with Crippen molar-refractivity contribution in [3.63, 3.8) is 0 Å². The van der Waals surface area contributed by atoms with E-state index >= 15 is 0 Å². The Morgan fingerprint density at radius 2 is 2.14 bits per heavy atom. The number of amides is 1. The summed E-state index contributed by atoms with van der Waals surface area (Å²) < 4.78 is 15.0. The zero-order valence-corrected chi connectivity index (χ0v) is 12.7. The highest BCUT2D eigenvalue weighted by atomic mass is 35.5. The fraction of sp³-hybridized carbons (Fsp3) is 0.429. The number of carbonyl (C=O) groups is 2. The molecule has 0 aliphatic heterocycles. The van der Waals surface area contributed by atoms with Gasteiger partial charge in [-0.1, -0.05) is 17.7 Å². The van der Waals surface area contributed by atoms with E-state index in [0.29, 0.717) is 23.9 Å². The van der Waals surface area contributed by atoms with Crippen LogP contribution in [-0.2, 0) is 19.1 Å². The molecular formula is C14H18ClNO5. The maximum absolute atomic E-state index is 11.6. The molecule has 0 bridgehead atoms. The Hall–Kier alpha value is -1.79. The molecule has 0 radical (unpaired) electrons. The van der Waals surface area contributed by atoms with Gasteiger partial charge in [-0.05, 0) is 25.1 Å². The molecule has 6 nitrogen and oxygen atoms in total. The van der Waals surface area contributed by atoms with Crippen molar-refractivity contribution in [1.29, 1.82) is 0 Å². The van der Waals surface area contributed by atoms with Crippen LogP contribution in [0, 0.1) is 0 Å². The monoisotopic (exact) mass is 315 g/mol. The lowest BCUT2D eigenvalue weighted by Crippen LogP contribution is -2.38. The van der Waals surface area contributed by atoms with Crippen molar-refractivity contribution >= 4 is 23.5 Å². The van der Waals surface area contributed by atoms with E-state index in [0.717, 1.165) is 0 Å². The third-order valence-corrected chi connectivity index (χ3v) is 2.67. The first kappa shape index (κ1) is 17.3. The first-order valence-corrected chi connectivity index (χ1v) is 6.75. The molecule has 1 amide bonds. The van der Waals surface area contributed by atoms with Gasteiger partial charge in [-0.3, -0.25) is 4.79 Å². The lowest BCUT2D eigenvalue weighted by atomic mass is 10.3. The molecule has 0 aliphatic rings. The van der Waals surface area contributed by atoms with Gasteiger partial charge >= 0.3 is 5.97 Å². The number of carbonyl (C=O) groups excluding carboxylic acids is 2. The normalized spacial score (nSPS) is 11.6. The van der Waals surface area contributed by atoms with E-state index in [1.54, 1.807) is 24.3 Å². The van der Waals surface area contributed by atoms with Gasteiger partial charge in [0.25, 0.3) is 5.91 Å².